The van der Waals surface area contributed by atoms with Gasteiger partial charge >= 0.3 is 0 Å². The molecule has 1 atom stereocenters. The molecule has 1 fully saturated rings. The summed E-state index contributed by atoms with van der Waals surface area (Å²) in [4.78, 5) is 31.5. The Kier molecular flexibility index (Phi) is 6.25. The number of benzene rings is 2. The largest absolute Gasteiger partial charge is 0.507 e. The van der Waals surface area contributed by atoms with Crippen molar-refractivity contribution in [2.45, 2.75) is 19.0 Å². The highest BCUT2D eigenvalue weighted by Gasteiger charge is 2.45. The van der Waals surface area contributed by atoms with Crippen molar-refractivity contribution in [1.82, 2.24) is 14.5 Å². The van der Waals surface area contributed by atoms with Crippen LogP contribution in [0.15, 0.2) is 77.3 Å². The highest BCUT2D eigenvalue weighted by atomic mass is 79.9. The van der Waals surface area contributed by atoms with E-state index >= 15 is 0 Å². The molecule has 0 radical (unpaired) electrons. The van der Waals surface area contributed by atoms with Crippen molar-refractivity contribution in [3.63, 3.8) is 0 Å². The number of aryl methyl sites for hydroxylation is 1. The lowest BCUT2D eigenvalue weighted by molar-refractivity contribution is -0.139. The molecular weight excluding hydrogens is 482 g/mol. The first-order valence-corrected chi connectivity index (χ1v) is 10.9. The van der Waals surface area contributed by atoms with Crippen LogP contribution < -0.4 is 0 Å². The van der Waals surface area contributed by atoms with Crippen LogP contribution in [-0.4, -0.2) is 37.8 Å². The molecule has 0 aliphatic carbocycles. The van der Waals surface area contributed by atoms with E-state index in [0.717, 1.165) is 10.0 Å². The lowest BCUT2D eigenvalue weighted by Gasteiger charge is -2.25. The molecule has 2 heterocycles. The van der Waals surface area contributed by atoms with Crippen molar-refractivity contribution in [2.75, 3.05) is 6.54 Å². The molecule has 2 aromatic carbocycles. The van der Waals surface area contributed by atoms with Gasteiger partial charge in [0.05, 0.1) is 17.9 Å². The van der Waals surface area contributed by atoms with Crippen molar-refractivity contribution >= 4 is 45.0 Å². The number of carbonyl (C=O) groups is 2. The highest BCUT2D eigenvalue weighted by Crippen LogP contribution is 2.39. The lowest BCUT2D eigenvalue weighted by atomic mass is 9.95. The number of hydrogen-bond acceptors (Lipinski definition) is 4. The summed E-state index contributed by atoms with van der Waals surface area (Å²) in [7, 11) is 0. The van der Waals surface area contributed by atoms with Gasteiger partial charge in [0.25, 0.3) is 11.7 Å². The fourth-order valence-electron chi connectivity index (χ4n) is 3.71. The van der Waals surface area contributed by atoms with Gasteiger partial charge in [-0.1, -0.05) is 39.7 Å². The first kappa shape index (κ1) is 21.3. The van der Waals surface area contributed by atoms with E-state index in [0.29, 0.717) is 30.1 Å². The van der Waals surface area contributed by atoms with Crippen LogP contribution in [0.1, 0.15) is 23.6 Å². The molecule has 1 N–H and O–H groups in total. The SMILES string of the molecule is O=C1C(=O)N(CCCn2ccnc2)C(c2ccc(Br)cc2)C1=C(O)c1ccc(Cl)cc1. The molecule has 1 saturated heterocycles. The number of amides is 1. The van der Waals surface area contributed by atoms with Crippen LogP contribution in [0.3, 0.4) is 0 Å². The average molecular weight is 501 g/mol. The smallest absolute Gasteiger partial charge is 0.295 e. The zero-order chi connectivity index (χ0) is 22.0. The second kappa shape index (κ2) is 9.08. The van der Waals surface area contributed by atoms with Gasteiger partial charge in [0.15, 0.2) is 0 Å². The third-order valence-electron chi connectivity index (χ3n) is 5.22. The van der Waals surface area contributed by atoms with Crippen LogP contribution in [0, 0.1) is 0 Å². The Hall–Kier alpha value is -2.90. The normalized spacial score (nSPS) is 18.0. The molecule has 3 aromatic rings. The van der Waals surface area contributed by atoms with Crippen LogP contribution in [0.2, 0.25) is 5.02 Å². The van der Waals surface area contributed by atoms with Crippen LogP contribution in [0.25, 0.3) is 5.76 Å². The third-order valence-corrected chi connectivity index (χ3v) is 6.00. The van der Waals surface area contributed by atoms with Crippen LogP contribution >= 0.6 is 27.5 Å². The summed E-state index contributed by atoms with van der Waals surface area (Å²) in [5.41, 5.74) is 1.26. The molecule has 6 nitrogen and oxygen atoms in total. The molecular formula is C23H19BrClN3O3. The van der Waals surface area contributed by atoms with Gasteiger partial charge in [-0.15, -0.1) is 0 Å². The van der Waals surface area contributed by atoms with Crippen molar-refractivity contribution in [3.05, 3.63) is 93.4 Å². The molecule has 0 spiro atoms. The molecule has 1 aromatic heterocycles. The Morgan fingerprint density at radius 3 is 2.42 bits per heavy atom. The monoisotopic (exact) mass is 499 g/mol. The Bertz CT molecular complexity index is 1130. The number of rotatable bonds is 6. The summed E-state index contributed by atoms with van der Waals surface area (Å²) in [6.07, 6.45) is 5.89. The average Bonchev–Trinajstić information content (AvgIpc) is 3.37. The summed E-state index contributed by atoms with van der Waals surface area (Å²) in [6, 6.07) is 13.2. The summed E-state index contributed by atoms with van der Waals surface area (Å²) >= 11 is 9.37. The standard InChI is InChI=1S/C23H19BrClN3O3/c24-17-6-2-15(3-7-17)20-19(21(29)16-4-8-18(25)9-5-16)22(30)23(31)28(20)12-1-11-27-13-10-26-14-27/h2-10,13-14,20,29H,1,11-12H2. The molecule has 4 rings (SSSR count). The maximum atomic E-state index is 13.0. The molecule has 1 aliphatic heterocycles. The molecule has 8 heteroatoms. The van der Waals surface area contributed by atoms with Gasteiger partial charge in [-0.05, 0) is 48.4 Å². The summed E-state index contributed by atoms with van der Waals surface area (Å²) < 4.78 is 2.80. The number of hydrogen-bond donors (Lipinski definition) is 1. The van der Waals surface area contributed by atoms with E-state index < -0.39 is 17.7 Å². The lowest BCUT2D eigenvalue weighted by Crippen LogP contribution is -2.31. The van der Waals surface area contributed by atoms with E-state index in [4.69, 9.17) is 11.6 Å². The number of aliphatic hydroxyl groups is 1. The summed E-state index contributed by atoms with van der Waals surface area (Å²) in [5, 5.41) is 11.5. The first-order chi connectivity index (χ1) is 15.0. The van der Waals surface area contributed by atoms with Gasteiger partial charge in [-0.25, -0.2) is 4.98 Å². The van der Waals surface area contributed by atoms with Crippen molar-refractivity contribution in [3.8, 4) is 0 Å². The molecule has 0 bridgehead atoms. The van der Waals surface area contributed by atoms with E-state index in [-0.39, 0.29) is 11.3 Å². The quantitative estimate of drug-likeness (QED) is 0.299. The maximum Gasteiger partial charge on any atom is 0.295 e. The van der Waals surface area contributed by atoms with Crippen LogP contribution in [0.4, 0.5) is 0 Å². The number of ketones is 1. The van der Waals surface area contributed by atoms with Crippen molar-refractivity contribution in [2.24, 2.45) is 0 Å². The first-order valence-electron chi connectivity index (χ1n) is 9.71. The van der Waals surface area contributed by atoms with E-state index in [1.54, 1.807) is 36.8 Å². The van der Waals surface area contributed by atoms with Crippen molar-refractivity contribution in [1.29, 1.82) is 0 Å². The van der Waals surface area contributed by atoms with E-state index in [2.05, 4.69) is 20.9 Å². The van der Waals surface area contributed by atoms with Gasteiger partial charge in [0.1, 0.15) is 5.76 Å². The summed E-state index contributed by atoms with van der Waals surface area (Å²) in [6.45, 7) is 1.02. The number of carbonyl (C=O) groups excluding carboxylic acids is 2. The number of nitrogens with zero attached hydrogens (tertiary/aromatic N) is 3. The topological polar surface area (TPSA) is 75.4 Å². The van der Waals surface area contributed by atoms with Gasteiger partial charge in [-0.2, -0.15) is 0 Å². The van der Waals surface area contributed by atoms with Crippen LogP contribution in [0.5, 0.6) is 0 Å². The Morgan fingerprint density at radius 2 is 1.77 bits per heavy atom. The van der Waals surface area contributed by atoms with Gasteiger partial charge in [0, 0.05) is 40.5 Å². The number of aliphatic hydroxyl groups excluding tert-OH is 1. The Labute approximate surface area is 192 Å². The van der Waals surface area contributed by atoms with E-state index in [1.807, 2.05) is 35.0 Å². The fourth-order valence-corrected chi connectivity index (χ4v) is 4.10. The fraction of sp³-hybridized carbons (Fsp3) is 0.174. The Balaban J connectivity index is 1.72. The molecule has 1 unspecified atom stereocenters. The number of imidazole rings is 1. The van der Waals surface area contributed by atoms with Gasteiger partial charge in [-0.3, -0.25) is 9.59 Å². The predicted molar refractivity (Wildman–Crippen MR) is 121 cm³/mol. The number of Topliss-reactive ketones (excluding diaryl/α,β-unsaturated/α-hetero) is 1. The van der Waals surface area contributed by atoms with E-state index in [1.165, 1.54) is 4.90 Å². The van der Waals surface area contributed by atoms with Gasteiger partial charge < -0.3 is 14.6 Å². The zero-order valence-electron chi connectivity index (χ0n) is 16.4. The van der Waals surface area contributed by atoms with Gasteiger partial charge in [0.2, 0.25) is 0 Å². The molecule has 1 aliphatic rings. The zero-order valence-corrected chi connectivity index (χ0v) is 18.8. The van der Waals surface area contributed by atoms with E-state index in [9.17, 15) is 14.7 Å². The summed E-state index contributed by atoms with van der Waals surface area (Å²) in [5.74, 6) is -1.52. The number of likely N-dealkylation sites (tertiary alicyclic amines) is 1. The minimum atomic E-state index is -0.692. The van der Waals surface area contributed by atoms with Crippen molar-refractivity contribution < 1.29 is 14.7 Å². The minimum Gasteiger partial charge on any atom is -0.507 e. The second-order valence-electron chi connectivity index (χ2n) is 7.20. The second-order valence-corrected chi connectivity index (χ2v) is 8.56. The molecule has 1 amide bonds. The highest BCUT2D eigenvalue weighted by molar-refractivity contribution is 9.10. The molecule has 31 heavy (non-hydrogen) atoms. The number of halogens is 2. The molecule has 0 saturated carbocycles. The number of aromatic nitrogens is 2. The predicted octanol–water partition coefficient (Wildman–Crippen LogP) is 4.81. The maximum absolute atomic E-state index is 13.0. The van der Waals surface area contributed by atoms with Crippen LogP contribution in [-0.2, 0) is 16.1 Å². The minimum absolute atomic E-state index is 0.0808. The third kappa shape index (κ3) is 4.43. The molecule has 158 valence electrons. The Morgan fingerprint density at radius 1 is 1.06 bits per heavy atom.